The Morgan fingerprint density at radius 1 is 1.27 bits per heavy atom. The summed E-state index contributed by atoms with van der Waals surface area (Å²) in [7, 11) is 0. The van der Waals surface area contributed by atoms with Gasteiger partial charge in [0.25, 0.3) is 0 Å². The number of para-hydroxylation sites is 1. The molecule has 1 rings (SSSR count). The SMILES string of the molecule is CCC(=O)OCCOc1ccccc1C. The molecule has 0 atom stereocenters. The first-order valence-corrected chi connectivity index (χ1v) is 5.08. The Balaban J connectivity index is 2.26. The predicted molar refractivity (Wildman–Crippen MR) is 57.9 cm³/mol. The van der Waals surface area contributed by atoms with Crippen LogP contribution in [-0.2, 0) is 9.53 Å². The van der Waals surface area contributed by atoms with Crippen molar-refractivity contribution in [2.45, 2.75) is 20.3 Å². The van der Waals surface area contributed by atoms with Crippen LogP contribution in [0.4, 0.5) is 0 Å². The molecule has 15 heavy (non-hydrogen) atoms. The number of hydrogen-bond acceptors (Lipinski definition) is 3. The predicted octanol–water partition coefficient (Wildman–Crippen LogP) is 2.33. The molecule has 0 aliphatic heterocycles. The van der Waals surface area contributed by atoms with E-state index in [0.29, 0.717) is 19.6 Å². The van der Waals surface area contributed by atoms with Crippen LogP contribution in [0.2, 0.25) is 0 Å². The Morgan fingerprint density at radius 2 is 2.00 bits per heavy atom. The topological polar surface area (TPSA) is 35.5 Å². The van der Waals surface area contributed by atoms with E-state index in [-0.39, 0.29) is 5.97 Å². The van der Waals surface area contributed by atoms with Crippen LogP contribution < -0.4 is 4.74 Å². The van der Waals surface area contributed by atoms with Crippen LogP contribution in [0.5, 0.6) is 5.75 Å². The minimum absolute atomic E-state index is 0.191. The quantitative estimate of drug-likeness (QED) is 0.550. The molecule has 0 radical (unpaired) electrons. The molecule has 3 heteroatoms. The zero-order chi connectivity index (χ0) is 11.1. The number of benzene rings is 1. The molecule has 0 aliphatic carbocycles. The minimum Gasteiger partial charge on any atom is -0.490 e. The monoisotopic (exact) mass is 208 g/mol. The summed E-state index contributed by atoms with van der Waals surface area (Å²) in [5, 5.41) is 0. The number of carbonyl (C=O) groups excluding carboxylic acids is 1. The van der Waals surface area contributed by atoms with E-state index in [1.54, 1.807) is 6.92 Å². The molecule has 0 unspecified atom stereocenters. The standard InChI is InChI=1S/C12H16O3/c1-3-12(13)15-9-8-14-11-7-5-4-6-10(11)2/h4-7H,3,8-9H2,1-2H3. The van der Waals surface area contributed by atoms with Crippen molar-refractivity contribution in [3.63, 3.8) is 0 Å². The molecule has 0 bridgehead atoms. The van der Waals surface area contributed by atoms with Gasteiger partial charge < -0.3 is 9.47 Å². The van der Waals surface area contributed by atoms with Crippen molar-refractivity contribution in [3.8, 4) is 5.75 Å². The summed E-state index contributed by atoms with van der Waals surface area (Å²) in [5.41, 5.74) is 1.08. The first-order valence-electron chi connectivity index (χ1n) is 5.08. The molecule has 0 saturated carbocycles. The lowest BCUT2D eigenvalue weighted by Crippen LogP contribution is -2.11. The lowest BCUT2D eigenvalue weighted by atomic mass is 10.2. The van der Waals surface area contributed by atoms with Gasteiger partial charge in [0.05, 0.1) is 0 Å². The van der Waals surface area contributed by atoms with E-state index in [1.165, 1.54) is 0 Å². The molecular weight excluding hydrogens is 192 g/mol. The van der Waals surface area contributed by atoms with E-state index in [0.717, 1.165) is 11.3 Å². The van der Waals surface area contributed by atoms with Gasteiger partial charge in [0, 0.05) is 6.42 Å². The van der Waals surface area contributed by atoms with Gasteiger partial charge in [0.1, 0.15) is 19.0 Å². The second kappa shape index (κ2) is 6.06. The Hall–Kier alpha value is -1.51. The largest absolute Gasteiger partial charge is 0.490 e. The normalized spacial score (nSPS) is 9.73. The highest BCUT2D eigenvalue weighted by atomic mass is 16.6. The fourth-order valence-electron chi connectivity index (χ4n) is 1.13. The van der Waals surface area contributed by atoms with E-state index in [9.17, 15) is 4.79 Å². The summed E-state index contributed by atoms with van der Waals surface area (Å²) in [5.74, 6) is 0.647. The second-order valence-corrected chi connectivity index (χ2v) is 3.19. The first-order chi connectivity index (χ1) is 7.24. The number of aryl methyl sites for hydroxylation is 1. The average molecular weight is 208 g/mol. The van der Waals surface area contributed by atoms with Gasteiger partial charge in [-0.1, -0.05) is 25.1 Å². The van der Waals surface area contributed by atoms with Crippen LogP contribution in [0, 0.1) is 6.92 Å². The molecular formula is C12H16O3. The van der Waals surface area contributed by atoms with E-state index in [4.69, 9.17) is 9.47 Å². The third-order valence-electron chi connectivity index (χ3n) is 1.99. The number of esters is 1. The highest BCUT2D eigenvalue weighted by Crippen LogP contribution is 2.15. The molecule has 0 saturated heterocycles. The summed E-state index contributed by atoms with van der Waals surface area (Å²) < 4.78 is 10.3. The highest BCUT2D eigenvalue weighted by Gasteiger charge is 1.99. The Kier molecular flexibility index (Phi) is 4.68. The zero-order valence-electron chi connectivity index (χ0n) is 9.16. The number of rotatable bonds is 5. The summed E-state index contributed by atoms with van der Waals surface area (Å²) in [6.07, 6.45) is 0.407. The second-order valence-electron chi connectivity index (χ2n) is 3.19. The van der Waals surface area contributed by atoms with Gasteiger partial charge in [0.15, 0.2) is 0 Å². The van der Waals surface area contributed by atoms with Crippen molar-refractivity contribution in [2.75, 3.05) is 13.2 Å². The molecule has 82 valence electrons. The highest BCUT2D eigenvalue weighted by molar-refractivity contribution is 5.68. The van der Waals surface area contributed by atoms with Gasteiger partial charge in [-0.2, -0.15) is 0 Å². The Labute approximate surface area is 90.0 Å². The zero-order valence-corrected chi connectivity index (χ0v) is 9.16. The molecule has 0 spiro atoms. The van der Waals surface area contributed by atoms with E-state index in [2.05, 4.69) is 0 Å². The number of carbonyl (C=O) groups is 1. The Morgan fingerprint density at radius 3 is 2.67 bits per heavy atom. The Bertz CT molecular complexity index is 320. The summed E-state index contributed by atoms with van der Waals surface area (Å²) in [6, 6.07) is 7.75. The molecule has 0 N–H and O–H groups in total. The smallest absolute Gasteiger partial charge is 0.305 e. The average Bonchev–Trinajstić information content (AvgIpc) is 2.26. The molecule has 0 amide bonds. The fourth-order valence-corrected chi connectivity index (χ4v) is 1.13. The molecule has 3 nitrogen and oxygen atoms in total. The van der Waals surface area contributed by atoms with Gasteiger partial charge >= 0.3 is 5.97 Å². The van der Waals surface area contributed by atoms with E-state index in [1.807, 2.05) is 31.2 Å². The van der Waals surface area contributed by atoms with Crippen LogP contribution in [0.3, 0.4) is 0 Å². The van der Waals surface area contributed by atoms with Crippen molar-refractivity contribution in [1.82, 2.24) is 0 Å². The molecule has 0 heterocycles. The van der Waals surface area contributed by atoms with Crippen LogP contribution in [-0.4, -0.2) is 19.2 Å². The van der Waals surface area contributed by atoms with Gasteiger partial charge in [-0.05, 0) is 18.6 Å². The van der Waals surface area contributed by atoms with E-state index >= 15 is 0 Å². The van der Waals surface area contributed by atoms with Crippen LogP contribution >= 0.6 is 0 Å². The molecule has 0 fully saturated rings. The first kappa shape index (κ1) is 11.6. The van der Waals surface area contributed by atoms with Crippen LogP contribution in [0.25, 0.3) is 0 Å². The van der Waals surface area contributed by atoms with Crippen molar-refractivity contribution in [2.24, 2.45) is 0 Å². The van der Waals surface area contributed by atoms with Gasteiger partial charge in [-0.15, -0.1) is 0 Å². The number of hydrogen-bond donors (Lipinski definition) is 0. The van der Waals surface area contributed by atoms with Crippen molar-refractivity contribution in [3.05, 3.63) is 29.8 Å². The summed E-state index contributed by atoms with van der Waals surface area (Å²) in [6.45, 7) is 4.45. The fraction of sp³-hybridized carbons (Fsp3) is 0.417. The van der Waals surface area contributed by atoms with Gasteiger partial charge in [0.2, 0.25) is 0 Å². The molecule has 0 aromatic heterocycles. The van der Waals surface area contributed by atoms with Crippen molar-refractivity contribution in [1.29, 1.82) is 0 Å². The molecule has 1 aromatic rings. The van der Waals surface area contributed by atoms with Crippen molar-refractivity contribution < 1.29 is 14.3 Å². The van der Waals surface area contributed by atoms with Crippen LogP contribution in [0.1, 0.15) is 18.9 Å². The number of ether oxygens (including phenoxy) is 2. The van der Waals surface area contributed by atoms with Crippen LogP contribution in [0.15, 0.2) is 24.3 Å². The van der Waals surface area contributed by atoms with Crippen molar-refractivity contribution >= 4 is 5.97 Å². The molecule has 0 aliphatic rings. The lowest BCUT2D eigenvalue weighted by Gasteiger charge is -2.08. The van der Waals surface area contributed by atoms with E-state index < -0.39 is 0 Å². The molecule has 1 aromatic carbocycles. The summed E-state index contributed by atoms with van der Waals surface area (Å²) >= 11 is 0. The van der Waals surface area contributed by atoms with Gasteiger partial charge in [-0.25, -0.2) is 0 Å². The lowest BCUT2D eigenvalue weighted by molar-refractivity contribution is -0.143. The maximum atomic E-state index is 10.8. The van der Waals surface area contributed by atoms with Gasteiger partial charge in [-0.3, -0.25) is 4.79 Å². The summed E-state index contributed by atoms with van der Waals surface area (Å²) in [4.78, 5) is 10.8. The maximum Gasteiger partial charge on any atom is 0.305 e. The third kappa shape index (κ3) is 4.02. The third-order valence-corrected chi connectivity index (χ3v) is 1.99. The minimum atomic E-state index is -0.191. The maximum absolute atomic E-state index is 10.8.